The molecule has 0 aromatic heterocycles. The average molecular weight is 164 g/mol. The Morgan fingerprint density at radius 2 is 2.08 bits per heavy atom. The molecule has 1 fully saturated rings. The van der Waals surface area contributed by atoms with Gasteiger partial charge in [-0.05, 0) is 37.0 Å². The van der Waals surface area contributed by atoms with Crippen LogP contribution in [0, 0.1) is 11.3 Å². The van der Waals surface area contributed by atoms with E-state index >= 15 is 0 Å². The maximum absolute atomic E-state index is 4.15. The largest absolute Gasteiger partial charge is 0.103 e. The molecule has 1 atom stereocenters. The second-order valence-corrected chi connectivity index (χ2v) is 3.91. The lowest BCUT2D eigenvalue weighted by molar-refractivity contribution is 0.414. The van der Waals surface area contributed by atoms with E-state index in [2.05, 4.69) is 33.1 Å². The monoisotopic (exact) mass is 164 g/mol. The van der Waals surface area contributed by atoms with Gasteiger partial charge in [-0.2, -0.15) is 0 Å². The van der Waals surface area contributed by atoms with E-state index in [1.165, 1.54) is 24.8 Å². The van der Waals surface area contributed by atoms with Crippen molar-refractivity contribution in [2.45, 2.75) is 39.5 Å². The zero-order valence-corrected chi connectivity index (χ0v) is 8.40. The van der Waals surface area contributed by atoms with E-state index in [1.807, 2.05) is 0 Å². The van der Waals surface area contributed by atoms with Crippen molar-refractivity contribution >= 4 is 0 Å². The zero-order chi connectivity index (χ0) is 9.19. The molecule has 0 aromatic rings. The molecule has 12 heavy (non-hydrogen) atoms. The first kappa shape index (κ1) is 9.57. The Balaban J connectivity index is 2.68. The molecule has 0 bridgehead atoms. The highest BCUT2D eigenvalue weighted by atomic mass is 14.5. The van der Waals surface area contributed by atoms with Crippen molar-refractivity contribution in [3.05, 3.63) is 24.8 Å². The molecule has 1 rings (SSSR count). The summed E-state index contributed by atoms with van der Waals surface area (Å²) in [6.45, 7) is 12.5. The first-order chi connectivity index (χ1) is 5.70. The summed E-state index contributed by atoms with van der Waals surface area (Å²) in [6, 6.07) is 0. The smallest absolute Gasteiger partial charge is 0.00551 e. The molecular weight excluding hydrogens is 144 g/mol. The van der Waals surface area contributed by atoms with Gasteiger partial charge >= 0.3 is 0 Å². The third-order valence-electron chi connectivity index (χ3n) is 3.28. The molecule has 1 unspecified atom stereocenters. The SMILES string of the molecule is C=CC1(C(CC)C(=C)CC)CC1. The maximum atomic E-state index is 4.15. The molecule has 0 heterocycles. The third kappa shape index (κ3) is 1.48. The summed E-state index contributed by atoms with van der Waals surface area (Å²) in [5.74, 6) is 0.694. The van der Waals surface area contributed by atoms with Gasteiger partial charge in [0.1, 0.15) is 0 Å². The van der Waals surface area contributed by atoms with Crippen LogP contribution in [-0.2, 0) is 0 Å². The zero-order valence-electron chi connectivity index (χ0n) is 8.40. The van der Waals surface area contributed by atoms with Crippen molar-refractivity contribution in [3.63, 3.8) is 0 Å². The predicted octanol–water partition coefficient (Wildman–Crippen LogP) is 3.95. The van der Waals surface area contributed by atoms with Crippen molar-refractivity contribution in [2.24, 2.45) is 11.3 Å². The molecule has 0 saturated heterocycles. The van der Waals surface area contributed by atoms with Crippen LogP contribution in [-0.4, -0.2) is 0 Å². The Morgan fingerprint density at radius 3 is 2.33 bits per heavy atom. The van der Waals surface area contributed by atoms with Gasteiger partial charge in [0.2, 0.25) is 0 Å². The van der Waals surface area contributed by atoms with Crippen molar-refractivity contribution in [1.82, 2.24) is 0 Å². The van der Waals surface area contributed by atoms with Gasteiger partial charge in [0.25, 0.3) is 0 Å². The Labute approximate surface area is 76.4 Å². The summed E-state index contributed by atoms with van der Waals surface area (Å²) < 4.78 is 0. The standard InChI is InChI=1S/C12H20/c1-5-10(4)11(6-2)12(7-3)8-9-12/h7,11H,3-6,8-9H2,1-2H3. The second kappa shape index (κ2) is 3.47. The molecule has 0 nitrogen and oxygen atoms in total. The highest BCUT2D eigenvalue weighted by Gasteiger charge is 2.46. The molecule has 0 heteroatoms. The minimum absolute atomic E-state index is 0.446. The quantitative estimate of drug-likeness (QED) is 0.540. The molecular formula is C12H20. The van der Waals surface area contributed by atoms with Gasteiger partial charge in [-0.1, -0.05) is 32.1 Å². The van der Waals surface area contributed by atoms with Gasteiger partial charge < -0.3 is 0 Å². The van der Waals surface area contributed by atoms with Crippen LogP contribution >= 0.6 is 0 Å². The molecule has 1 aliphatic rings. The third-order valence-corrected chi connectivity index (χ3v) is 3.28. The van der Waals surface area contributed by atoms with E-state index < -0.39 is 0 Å². The van der Waals surface area contributed by atoms with Crippen molar-refractivity contribution in [2.75, 3.05) is 0 Å². The summed E-state index contributed by atoms with van der Waals surface area (Å²) in [7, 11) is 0. The molecule has 0 radical (unpaired) electrons. The topological polar surface area (TPSA) is 0 Å². The molecule has 1 aliphatic carbocycles. The van der Waals surface area contributed by atoms with Gasteiger partial charge in [-0.3, -0.25) is 0 Å². The molecule has 68 valence electrons. The van der Waals surface area contributed by atoms with E-state index in [-0.39, 0.29) is 0 Å². The first-order valence-electron chi connectivity index (χ1n) is 5.01. The molecule has 0 amide bonds. The summed E-state index contributed by atoms with van der Waals surface area (Å²) >= 11 is 0. The predicted molar refractivity (Wildman–Crippen MR) is 55.1 cm³/mol. The fourth-order valence-corrected chi connectivity index (χ4v) is 2.19. The minimum Gasteiger partial charge on any atom is -0.103 e. The van der Waals surface area contributed by atoms with Crippen molar-refractivity contribution in [3.8, 4) is 0 Å². The van der Waals surface area contributed by atoms with Crippen LogP contribution in [0.2, 0.25) is 0 Å². The number of allylic oxidation sites excluding steroid dienone is 2. The van der Waals surface area contributed by atoms with Crippen molar-refractivity contribution < 1.29 is 0 Å². The van der Waals surface area contributed by atoms with E-state index in [4.69, 9.17) is 0 Å². The van der Waals surface area contributed by atoms with Gasteiger partial charge in [0.05, 0.1) is 0 Å². The summed E-state index contributed by atoms with van der Waals surface area (Å²) in [5, 5.41) is 0. The lowest BCUT2D eigenvalue weighted by atomic mass is 9.81. The van der Waals surface area contributed by atoms with E-state index in [0.29, 0.717) is 11.3 Å². The summed E-state index contributed by atoms with van der Waals surface area (Å²) in [6.07, 6.45) is 7.15. The van der Waals surface area contributed by atoms with Gasteiger partial charge in [0.15, 0.2) is 0 Å². The van der Waals surface area contributed by atoms with E-state index in [1.54, 1.807) is 0 Å². The van der Waals surface area contributed by atoms with Crippen LogP contribution in [0.15, 0.2) is 24.8 Å². The van der Waals surface area contributed by atoms with Crippen LogP contribution in [0.5, 0.6) is 0 Å². The average Bonchev–Trinajstić information content (AvgIpc) is 2.87. The summed E-state index contributed by atoms with van der Waals surface area (Å²) in [5.41, 5.74) is 1.86. The lowest BCUT2D eigenvalue weighted by Gasteiger charge is -2.24. The first-order valence-corrected chi connectivity index (χ1v) is 5.01. The maximum Gasteiger partial charge on any atom is -0.00551 e. The fraction of sp³-hybridized carbons (Fsp3) is 0.667. The molecule has 0 aliphatic heterocycles. The van der Waals surface area contributed by atoms with Crippen LogP contribution in [0.4, 0.5) is 0 Å². The Morgan fingerprint density at radius 1 is 1.50 bits per heavy atom. The number of hydrogen-bond acceptors (Lipinski definition) is 0. The van der Waals surface area contributed by atoms with E-state index in [0.717, 1.165) is 6.42 Å². The van der Waals surface area contributed by atoms with Crippen molar-refractivity contribution in [1.29, 1.82) is 0 Å². The lowest BCUT2D eigenvalue weighted by Crippen LogP contribution is -2.14. The normalized spacial score (nSPS) is 21.5. The van der Waals surface area contributed by atoms with Gasteiger partial charge in [-0.15, -0.1) is 6.58 Å². The van der Waals surface area contributed by atoms with Gasteiger partial charge in [-0.25, -0.2) is 0 Å². The molecule has 0 spiro atoms. The second-order valence-electron chi connectivity index (χ2n) is 3.91. The summed E-state index contributed by atoms with van der Waals surface area (Å²) in [4.78, 5) is 0. The van der Waals surface area contributed by atoms with Crippen LogP contribution in [0.3, 0.4) is 0 Å². The van der Waals surface area contributed by atoms with Crippen LogP contribution in [0.1, 0.15) is 39.5 Å². The van der Waals surface area contributed by atoms with Crippen LogP contribution in [0.25, 0.3) is 0 Å². The fourth-order valence-electron chi connectivity index (χ4n) is 2.19. The number of rotatable bonds is 5. The Kier molecular flexibility index (Phi) is 2.76. The highest BCUT2D eigenvalue weighted by molar-refractivity contribution is 5.18. The van der Waals surface area contributed by atoms with E-state index in [9.17, 15) is 0 Å². The number of hydrogen-bond donors (Lipinski definition) is 0. The molecule has 0 aromatic carbocycles. The molecule has 1 saturated carbocycles. The minimum atomic E-state index is 0.446. The Hall–Kier alpha value is -0.520. The van der Waals surface area contributed by atoms with Gasteiger partial charge in [0, 0.05) is 0 Å². The Bertz CT molecular complexity index is 184. The molecule has 0 N–H and O–H groups in total. The van der Waals surface area contributed by atoms with Crippen LogP contribution < -0.4 is 0 Å². The highest BCUT2D eigenvalue weighted by Crippen LogP contribution is 2.56.